The average molecular weight is 1370 g/mol. The van der Waals surface area contributed by atoms with Crippen molar-refractivity contribution in [1.82, 2.24) is 13.7 Å². The van der Waals surface area contributed by atoms with Crippen LogP contribution in [-0.4, -0.2) is 33.8 Å². The van der Waals surface area contributed by atoms with E-state index in [1.54, 1.807) is 9.80 Å². The van der Waals surface area contributed by atoms with Crippen LogP contribution < -0.4 is 77.9 Å². The molecule has 16 heteroatoms. The molecular formula is C90H48B3F4N5O4. The van der Waals surface area contributed by atoms with E-state index in [9.17, 15) is 0 Å². The summed E-state index contributed by atoms with van der Waals surface area (Å²) in [6.07, 6.45) is 0. The molecule has 0 unspecified atom stereocenters. The van der Waals surface area contributed by atoms with Gasteiger partial charge in [-0.2, -0.15) is 0 Å². The first-order chi connectivity index (χ1) is 52.2. The molecule has 24 rings (SSSR count). The van der Waals surface area contributed by atoms with Crippen LogP contribution >= 0.6 is 0 Å². The third-order valence-corrected chi connectivity index (χ3v) is 22.9. The van der Waals surface area contributed by atoms with Crippen molar-refractivity contribution in [2.24, 2.45) is 0 Å². The number of halogens is 4. The SMILES string of the molecule is Fc1cccc(F)c1N1c2cc3c(cc2B2c4cc5c(cc4Oc4cc(-n6c7ccccc7c7ccccc76)cc1c42)N(c1c(F)cccc1F)c1cc(-n2c4ccccc4c4ccccc42)cc2c1B5c1ccccc1O2)B1c2ccccc2Oc2cc(-n4c5ccccc5c5ccccc54)cc(c21)O3. The Balaban J connectivity index is 0.798. The average Bonchev–Trinajstić information content (AvgIpc) is 0.772. The molecule has 0 atom stereocenters. The van der Waals surface area contributed by atoms with E-state index in [4.69, 9.17) is 18.9 Å². The second-order valence-corrected chi connectivity index (χ2v) is 28.2. The number of ether oxygens (including phenoxy) is 4. The van der Waals surface area contributed by atoms with Gasteiger partial charge in [-0.05, 0) is 129 Å². The molecule has 0 bridgehead atoms. The zero-order valence-electron chi connectivity index (χ0n) is 55.8. The van der Waals surface area contributed by atoms with Gasteiger partial charge in [0.2, 0.25) is 0 Å². The van der Waals surface area contributed by atoms with Gasteiger partial charge < -0.3 is 42.4 Å². The van der Waals surface area contributed by atoms with Crippen molar-refractivity contribution in [3.63, 3.8) is 0 Å². The number of anilines is 6. The van der Waals surface area contributed by atoms with E-state index in [0.717, 1.165) is 98.6 Å². The zero-order valence-corrected chi connectivity index (χ0v) is 55.8. The molecule has 0 aliphatic carbocycles. The van der Waals surface area contributed by atoms with Crippen LogP contribution in [-0.2, 0) is 0 Å². The number of aromatic nitrogens is 3. The fraction of sp³-hybridized carbons (Fsp3) is 0. The summed E-state index contributed by atoms with van der Waals surface area (Å²) in [5.41, 5.74) is 16.0. The van der Waals surface area contributed by atoms with Crippen molar-refractivity contribution in [3.8, 4) is 63.1 Å². The van der Waals surface area contributed by atoms with Gasteiger partial charge in [0, 0.05) is 96.9 Å². The van der Waals surface area contributed by atoms with Gasteiger partial charge in [-0.15, -0.1) is 0 Å². The maximum absolute atomic E-state index is 17.8. The smallest absolute Gasteiger partial charge is 0.260 e. The predicted molar refractivity (Wildman–Crippen MR) is 419 cm³/mol. The van der Waals surface area contributed by atoms with Gasteiger partial charge in [-0.25, -0.2) is 17.6 Å². The summed E-state index contributed by atoms with van der Waals surface area (Å²) < 4.78 is 107. The summed E-state index contributed by atoms with van der Waals surface area (Å²) in [5.74, 6) is 1.15. The monoisotopic (exact) mass is 1370 g/mol. The van der Waals surface area contributed by atoms with Crippen molar-refractivity contribution in [3.05, 3.63) is 314 Å². The second kappa shape index (κ2) is 21.1. The summed E-state index contributed by atoms with van der Waals surface area (Å²) >= 11 is 0. The first kappa shape index (κ1) is 58.0. The van der Waals surface area contributed by atoms with E-state index in [-0.39, 0.29) is 11.4 Å². The number of nitrogens with zero attached hydrogens (tertiary/aromatic N) is 5. The Morgan fingerprint density at radius 1 is 0.217 bits per heavy atom. The standard InChI is InChI=1S/C90H48B3F4N5O4/c94-64-27-17-28-65(95)89(64)101-74-47-81-63(45-60(74)91-58-25-7-15-37-78(58)103-82-41-49(39-76(101)86(82)91)98-68-31-9-1-19-52(68)53-20-2-10-32-69(53)98)93-61-46-62-80(106-85-44-51(43-84-88(85)92(62)59-26-8-16-38-79(59)104-84)100-72-35-13-5-23-56(72)57-24-6-14-36-73(57)100)48-75(61)102(90-66(96)29-18-30-67(90)97)77-40-50(42-83(105-81)87(77)93)99-70-33-11-3-21-54(70)55-22-4-12-34-71(55)99/h1-48H. The topological polar surface area (TPSA) is 58.2 Å². The van der Waals surface area contributed by atoms with Gasteiger partial charge >= 0.3 is 0 Å². The van der Waals surface area contributed by atoms with E-state index >= 15 is 17.6 Å². The Bertz CT molecular complexity index is 6870. The zero-order chi connectivity index (χ0) is 69.6. The van der Waals surface area contributed by atoms with E-state index in [1.165, 1.54) is 36.4 Å². The second-order valence-electron chi connectivity index (χ2n) is 28.2. The number of benzene rings is 15. The normalized spacial score (nSPS) is 13.7. The molecule has 15 aromatic carbocycles. The molecular weight excluding hydrogens is 1320 g/mol. The van der Waals surface area contributed by atoms with Crippen molar-refractivity contribution in [1.29, 1.82) is 0 Å². The lowest BCUT2D eigenvalue weighted by molar-refractivity contribution is 0.464. The van der Waals surface area contributed by atoms with Crippen LogP contribution in [0.1, 0.15) is 0 Å². The minimum atomic E-state index is -0.788. The van der Waals surface area contributed by atoms with E-state index < -0.39 is 43.4 Å². The Hall–Kier alpha value is -13.6. The number of hydrogen-bond donors (Lipinski definition) is 0. The van der Waals surface area contributed by atoms with Crippen LogP contribution in [0.4, 0.5) is 51.7 Å². The molecule has 0 spiro atoms. The molecule has 0 saturated heterocycles. The summed E-state index contributed by atoms with van der Waals surface area (Å²) in [7, 11) is 0. The predicted octanol–water partition coefficient (Wildman–Crippen LogP) is 17.1. The van der Waals surface area contributed by atoms with E-state index in [1.807, 2.05) is 133 Å². The molecule has 106 heavy (non-hydrogen) atoms. The Kier molecular flexibility index (Phi) is 11.5. The molecule has 6 aliphatic heterocycles. The number of rotatable bonds is 5. The van der Waals surface area contributed by atoms with E-state index in [0.29, 0.717) is 102 Å². The molecule has 0 N–H and O–H groups in total. The minimum Gasteiger partial charge on any atom is -0.458 e. The highest BCUT2D eigenvalue weighted by molar-refractivity contribution is 7.03. The van der Waals surface area contributed by atoms with Crippen LogP contribution in [0.5, 0.6) is 46.0 Å². The fourth-order valence-electron chi connectivity index (χ4n) is 18.7. The Morgan fingerprint density at radius 2 is 0.500 bits per heavy atom. The van der Waals surface area contributed by atoms with Gasteiger partial charge in [0.1, 0.15) is 80.6 Å². The lowest BCUT2D eigenvalue weighted by Crippen LogP contribution is -2.64. The fourth-order valence-corrected chi connectivity index (χ4v) is 18.7. The molecule has 9 nitrogen and oxygen atoms in total. The highest BCUT2D eigenvalue weighted by Gasteiger charge is 2.51. The highest BCUT2D eigenvalue weighted by Crippen LogP contribution is 2.51. The Morgan fingerprint density at radius 3 is 0.858 bits per heavy atom. The van der Waals surface area contributed by atoms with Gasteiger partial charge in [-0.1, -0.05) is 170 Å². The van der Waals surface area contributed by atoms with Gasteiger partial charge in [0.05, 0.1) is 50.2 Å². The molecule has 3 aromatic heterocycles. The van der Waals surface area contributed by atoms with Gasteiger partial charge in [-0.3, -0.25) is 0 Å². The first-order valence-corrected chi connectivity index (χ1v) is 35.5. The highest BCUT2D eigenvalue weighted by atomic mass is 19.1. The lowest BCUT2D eigenvalue weighted by Gasteiger charge is -2.44. The number of para-hydroxylation sites is 10. The lowest BCUT2D eigenvalue weighted by atomic mass is 9.29. The molecule has 0 radical (unpaired) electrons. The molecule has 0 fully saturated rings. The van der Waals surface area contributed by atoms with Crippen molar-refractivity contribution in [2.45, 2.75) is 0 Å². The van der Waals surface area contributed by atoms with Gasteiger partial charge in [0.15, 0.2) is 0 Å². The third kappa shape index (κ3) is 7.70. The van der Waals surface area contributed by atoms with Crippen LogP contribution in [0.2, 0.25) is 0 Å². The van der Waals surface area contributed by atoms with Crippen molar-refractivity contribution < 1.29 is 36.5 Å². The summed E-state index contributed by atoms with van der Waals surface area (Å²) in [4.78, 5) is 3.42. The summed E-state index contributed by atoms with van der Waals surface area (Å²) in [6, 6.07) is 94.1. The maximum Gasteiger partial charge on any atom is 0.260 e. The van der Waals surface area contributed by atoms with Crippen molar-refractivity contribution >= 4 is 169 Å². The van der Waals surface area contributed by atoms with Crippen LogP contribution in [0, 0.1) is 23.3 Å². The molecule has 18 aromatic rings. The third-order valence-electron chi connectivity index (χ3n) is 22.9. The molecule has 9 heterocycles. The maximum atomic E-state index is 17.8. The quantitative estimate of drug-likeness (QED) is 0.126. The number of hydrogen-bond acceptors (Lipinski definition) is 6. The minimum absolute atomic E-state index is 0.287. The first-order valence-electron chi connectivity index (χ1n) is 35.5. The summed E-state index contributed by atoms with van der Waals surface area (Å²) in [6.45, 7) is -1.81. The van der Waals surface area contributed by atoms with Crippen LogP contribution in [0.3, 0.4) is 0 Å². The van der Waals surface area contributed by atoms with Crippen LogP contribution in [0.25, 0.3) is 82.5 Å². The molecule has 494 valence electrons. The Labute approximate surface area is 602 Å². The van der Waals surface area contributed by atoms with Crippen LogP contribution in [0.15, 0.2) is 291 Å². The molecule has 0 amide bonds. The summed E-state index contributed by atoms with van der Waals surface area (Å²) in [5, 5.41) is 6.29. The molecule has 0 saturated carbocycles. The van der Waals surface area contributed by atoms with E-state index in [2.05, 4.69) is 135 Å². The molecule has 6 aliphatic rings. The number of fused-ring (bicyclic) bond motifs is 21. The largest absolute Gasteiger partial charge is 0.458 e. The van der Waals surface area contributed by atoms with Crippen molar-refractivity contribution in [2.75, 3.05) is 9.80 Å². The van der Waals surface area contributed by atoms with Gasteiger partial charge in [0.25, 0.3) is 20.1 Å².